The van der Waals surface area contributed by atoms with E-state index < -0.39 is 0 Å². The highest BCUT2D eigenvalue weighted by Crippen LogP contribution is 2.27. The summed E-state index contributed by atoms with van der Waals surface area (Å²) < 4.78 is 6.01. The molecule has 0 bridgehead atoms. The van der Waals surface area contributed by atoms with Gasteiger partial charge in [-0.15, -0.1) is 11.3 Å². The summed E-state index contributed by atoms with van der Waals surface area (Å²) in [5, 5.41) is 5.87. The molecule has 6 heteroatoms. The minimum atomic E-state index is -0.0586. The van der Waals surface area contributed by atoms with Crippen molar-refractivity contribution in [3.05, 3.63) is 45.9 Å². The van der Waals surface area contributed by atoms with Crippen molar-refractivity contribution in [2.45, 2.75) is 72.7 Å². The molecule has 1 aromatic carbocycles. The molecule has 0 saturated heterocycles. The van der Waals surface area contributed by atoms with E-state index >= 15 is 0 Å². The van der Waals surface area contributed by atoms with E-state index in [1.165, 1.54) is 5.56 Å². The van der Waals surface area contributed by atoms with Crippen LogP contribution >= 0.6 is 11.3 Å². The van der Waals surface area contributed by atoms with Crippen LogP contribution in [0.15, 0.2) is 29.6 Å². The maximum absolute atomic E-state index is 12.4. The Morgan fingerprint density at radius 2 is 1.89 bits per heavy atom. The monoisotopic (exact) mass is 389 g/mol. The Labute approximate surface area is 166 Å². The zero-order valence-electron chi connectivity index (χ0n) is 17.2. The maximum Gasteiger partial charge on any atom is 0.318 e. The normalized spacial score (nSPS) is 11.3. The van der Waals surface area contributed by atoms with Crippen molar-refractivity contribution in [3.8, 4) is 5.75 Å². The number of hydrogen-bond acceptors (Lipinski definition) is 4. The Morgan fingerprint density at radius 1 is 1.19 bits per heavy atom. The van der Waals surface area contributed by atoms with Gasteiger partial charge in [-0.3, -0.25) is 0 Å². The van der Waals surface area contributed by atoms with Gasteiger partial charge in [0, 0.05) is 17.5 Å². The predicted molar refractivity (Wildman–Crippen MR) is 111 cm³/mol. The molecule has 0 unspecified atom stereocenters. The standard InChI is InChI=1S/C21H31N3O2S/c1-14(2)18-9-7-8-10-19(18)26-12-20-23-17(13-27-20)11-24(16(5)6)21(25)22-15(3)4/h7-10,13-16H,11-12H2,1-6H3,(H,22,25). The molecule has 0 atom stereocenters. The molecule has 1 heterocycles. The number of carbonyl (C=O) groups excluding carboxylic acids is 1. The Bertz CT molecular complexity index is 741. The van der Waals surface area contributed by atoms with Crippen molar-refractivity contribution in [1.29, 1.82) is 0 Å². The Balaban J connectivity index is 2.01. The summed E-state index contributed by atoms with van der Waals surface area (Å²) in [6, 6.07) is 8.27. The molecular weight excluding hydrogens is 358 g/mol. The summed E-state index contributed by atoms with van der Waals surface area (Å²) in [7, 11) is 0. The fourth-order valence-electron chi connectivity index (χ4n) is 2.71. The van der Waals surface area contributed by atoms with Crippen LogP contribution < -0.4 is 10.1 Å². The van der Waals surface area contributed by atoms with Gasteiger partial charge in [-0.2, -0.15) is 0 Å². The number of amides is 2. The van der Waals surface area contributed by atoms with Crippen molar-refractivity contribution in [1.82, 2.24) is 15.2 Å². The van der Waals surface area contributed by atoms with E-state index in [0.717, 1.165) is 16.5 Å². The molecular formula is C21H31N3O2S. The van der Waals surface area contributed by atoms with E-state index in [2.05, 4.69) is 30.2 Å². The number of para-hydroxylation sites is 1. The number of ether oxygens (including phenoxy) is 1. The van der Waals surface area contributed by atoms with E-state index in [4.69, 9.17) is 4.74 Å². The molecule has 0 aliphatic heterocycles. The van der Waals surface area contributed by atoms with Crippen LogP contribution in [-0.4, -0.2) is 28.0 Å². The van der Waals surface area contributed by atoms with Gasteiger partial charge in [-0.1, -0.05) is 32.0 Å². The third kappa shape index (κ3) is 6.24. The molecule has 1 aromatic heterocycles. The van der Waals surface area contributed by atoms with Crippen LogP contribution in [0.5, 0.6) is 5.75 Å². The van der Waals surface area contributed by atoms with Crippen LogP contribution in [0.4, 0.5) is 4.79 Å². The van der Waals surface area contributed by atoms with Crippen molar-refractivity contribution in [2.24, 2.45) is 0 Å². The molecule has 148 valence electrons. The third-order valence-corrected chi connectivity index (χ3v) is 4.99. The van der Waals surface area contributed by atoms with E-state index in [1.807, 2.05) is 51.3 Å². The first kappa shape index (κ1) is 21.2. The Hall–Kier alpha value is -2.08. The van der Waals surface area contributed by atoms with Crippen molar-refractivity contribution >= 4 is 17.4 Å². The van der Waals surface area contributed by atoms with E-state index in [1.54, 1.807) is 16.2 Å². The second-order valence-electron chi connectivity index (χ2n) is 7.54. The first-order chi connectivity index (χ1) is 12.8. The van der Waals surface area contributed by atoms with Gasteiger partial charge >= 0.3 is 6.03 Å². The molecule has 2 amide bonds. The van der Waals surface area contributed by atoms with Gasteiger partial charge in [-0.05, 0) is 45.2 Å². The lowest BCUT2D eigenvalue weighted by Crippen LogP contribution is -2.45. The zero-order valence-corrected chi connectivity index (χ0v) is 18.0. The van der Waals surface area contributed by atoms with Gasteiger partial charge in [0.25, 0.3) is 0 Å². The van der Waals surface area contributed by atoms with Crippen LogP contribution in [0, 0.1) is 0 Å². The number of nitrogens with zero attached hydrogens (tertiary/aromatic N) is 2. The second-order valence-corrected chi connectivity index (χ2v) is 8.48. The molecule has 27 heavy (non-hydrogen) atoms. The molecule has 2 aromatic rings. The highest BCUT2D eigenvalue weighted by Gasteiger charge is 2.19. The van der Waals surface area contributed by atoms with Crippen LogP contribution in [0.3, 0.4) is 0 Å². The van der Waals surface area contributed by atoms with Crippen LogP contribution in [0.2, 0.25) is 0 Å². The largest absolute Gasteiger partial charge is 0.486 e. The third-order valence-electron chi connectivity index (χ3n) is 4.12. The second kappa shape index (κ2) is 9.74. The van der Waals surface area contributed by atoms with Crippen molar-refractivity contribution in [2.75, 3.05) is 0 Å². The van der Waals surface area contributed by atoms with E-state index in [9.17, 15) is 4.79 Å². The highest BCUT2D eigenvalue weighted by molar-refractivity contribution is 7.09. The van der Waals surface area contributed by atoms with Crippen molar-refractivity contribution < 1.29 is 9.53 Å². The number of hydrogen-bond donors (Lipinski definition) is 1. The fraction of sp³-hybridized carbons (Fsp3) is 0.524. The first-order valence-corrected chi connectivity index (χ1v) is 10.4. The minimum absolute atomic E-state index is 0.0586. The quantitative estimate of drug-likeness (QED) is 0.677. The topological polar surface area (TPSA) is 54.5 Å². The fourth-order valence-corrected chi connectivity index (χ4v) is 3.41. The Morgan fingerprint density at radius 3 is 2.52 bits per heavy atom. The minimum Gasteiger partial charge on any atom is -0.486 e. The molecule has 0 fully saturated rings. The zero-order chi connectivity index (χ0) is 20.0. The molecule has 1 N–H and O–H groups in total. The van der Waals surface area contributed by atoms with Crippen molar-refractivity contribution in [3.63, 3.8) is 0 Å². The molecule has 2 rings (SSSR count). The number of urea groups is 1. The summed E-state index contributed by atoms with van der Waals surface area (Å²) in [4.78, 5) is 18.8. The summed E-state index contributed by atoms with van der Waals surface area (Å²) in [5.41, 5.74) is 2.09. The Kier molecular flexibility index (Phi) is 7.66. The molecule has 0 aliphatic rings. The van der Waals surface area contributed by atoms with Crippen LogP contribution in [0.1, 0.15) is 63.7 Å². The summed E-state index contributed by atoms with van der Waals surface area (Å²) >= 11 is 1.57. The number of carbonyl (C=O) groups is 1. The maximum atomic E-state index is 12.4. The number of rotatable bonds is 8. The number of aromatic nitrogens is 1. The lowest BCUT2D eigenvalue weighted by atomic mass is 10.0. The van der Waals surface area contributed by atoms with Gasteiger partial charge in [0.2, 0.25) is 0 Å². The molecule has 0 radical (unpaired) electrons. The SMILES string of the molecule is CC(C)NC(=O)N(Cc1csc(COc2ccccc2C(C)C)n1)C(C)C. The number of benzene rings is 1. The first-order valence-electron chi connectivity index (χ1n) is 9.50. The lowest BCUT2D eigenvalue weighted by molar-refractivity contribution is 0.176. The van der Waals surface area contributed by atoms with Gasteiger partial charge in [-0.25, -0.2) is 9.78 Å². The average Bonchev–Trinajstić information content (AvgIpc) is 3.04. The number of nitrogens with one attached hydrogen (secondary N) is 1. The van der Waals surface area contributed by atoms with Gasteiger partial charge in [0.1, 0.15) is 17.4 Å². The average molecular weight is 390 g/mol. The van der Waals surface area contributed by atoms with Crippen LogP contribution in [0.25, 0.3) is 0 Å². The summed E-state index contributed by atoms with van der Waals surface area (Å²) in [6.07, 6.45) is 0. The summed E-state index contributed by atoms with van der Waals surface area (Å²) in [5.74, 6) is 1.32. The molecule has 0 spiro atoms. The highest BCUT2D eigenvalue weighted by atomic mass is 32.1. The van der Waals surface area contributed by atoms with E-state index in [0.29, 0.717) is 19.1 Å². The molecule has 0 saturated carbocycles. The van der Waals surface area contributed by atoms with Gasteiger partial charge in [0.05, 0.1) is 12.2 Å². The number of thiazole rings is 1. The van der Waals surface area contributed by atoms with E-state index in [-0.39, 0.29) is 18.1 Å². The lowest BCUT2D eigenvalue weighted by Gasteiger charge is -2.27. The molecule has 5 nitrogen and oxygen atoms in total. The predicted octanol–water partition coefficient (Wildman–Crippen LogP) is 5.17. The van der Waals surface area contributed by atoms with Gasteiger partial charge < -0.3 is 15.0 Å². The smallest absolute Gasteiger partial charge is 0.318 e. The summed E-state index contributed by atoms with van der Waals surface area (Å²) in [6.45, 7) is 13.2. The van der Waals surface area contributed by atoms with Gasteiger partial charge in [0.15, 0.2) is 0 Å². The molecule has 0 aliphatic carbocycles. The van der Waals surface area contributed by atoms with Crippen LogP contribution in [-0.2, 0) is 13.2 Å².